The highest BCUT2D eigenvalue weighted by Gasteiger charge is 2.29. The Hall–Kier alpha value is -4.82. The van der Waals surface area contributed by atoms with Crippen LogP contribution in [0.5, 0.6) is 0 Å². The fourth-order valence-electron chi connectivity index (χ4n) is 5.91. The zero-order valence-electron chi connectivity index (χ0n) is 24.0. The van der Waals surface area contributed by atoms with Gasteiger partial charge in [-0.1, -0.05) is 91.9 Å². The van der Waals surface area contributed by atoms with Crippen molar-refractivity contribution in [2.24, 2.45) is 0 Å². The Morgan fingerprint density at radius 2 is 1.49 bits per heavy atom. The molecule has 0 spiro atoms. The molecule has 2 heteroatoms. The number of aromatic nitrogens is 1. The molecule has 0 saturated carbocycles. The van der Waals surface area contributed by atoms with Gasteiger partial charge >= 0.3 is 0 Å². The Morgan fingerprint density at radius 3 is 2.27 bits per heavy atom. The summed E-state index contributed by atoms with van der Waals surface area (Å²) in [5.74, 6) is 0.489. The molecule has 5 aromatic rings. The van der Waals surface area contributed by atoms with Crippen LogP contribution in [0.25, 0.3) is 17.2 Å². The Morgan fingerprint density at radius 1 is 0.756 bits per heavy atom. The number of anilines is 1. The zero-order chi connectivity index (χ0) is 28.3. The first-order valence-corrected chi connectivity index (χ1v) is 14.3. The molecule has 2 nitrogen and oxygen atoms in total. The summed E-state index contributed by atoms with van der Waals surface area (Å²) in [5.41, 5.74) is 8.52. The van der Waals surface area contributed by atoms with E-state index in [4.69, 9.17) is 0 Å². The highest BCUT2D eigenvalue weighted by molar-refractivity contribution is 5.70. The van der Waals surface area contributed by atoms with Crippen LogP contribution in [0.2, 0.25) is 0 Å². The Kier molecular flexibility index (Phi) is 7.31. The standard InChI is InChI=1S/C39H36N2/c1-28(2)29-24-26-32(27-25-29)40(3)39(36-20-11-10-19-34(36)30-14-6-5-7-15-30)38-23-13-22-37(41(38)4)35-21-12-17-31-16-8-9-18-33(31)35/h5-28,39H,4H2,1-3H3/b37-35+. The van der Waals surface area contributed by atoms with E-state index in [0.717, 1.165) is 16.7 Å². The van der Waals surface area contributed by atoms with Gasteiger partial charge in [-0.3, -0.25) is 0 Å². The summed E-state index contributed by atoms with van der Waals surface area (Å²) in [4.78, 5) is 2.38. The second-order valence-electron chi connectivity index (χ2n) is 11.0. The fourth-order valence-corrected chi connectivity index (χ4v) is 5.91. The number of benzene rings is 4. The van der Waals surface area contributed by atoms with Gasteiger partial charge < -0.3 is 4.90 Å². The number of fused-ring (bicyclic) bond motifs is 1. The van der Waals surface area contributed by atoms with Crippen molar-refractivity contribution in [3.8, 4) is 11.1 Å². The minimum atomic E-state index is -0.0799. The van der Waals surface area contributed by atoms with Gasteiger partial charge in [-0.2, -0.15) is 4.24 Å². The van der Waals surface area contributed by atoms with E-state index in [0.29, 0.717) is 5.92 Å². The fraction of sp³-hybridized carbons (Fsp3) is 0.128. The van der Waals surface area contributed by atoms with Crippen LogP contribution in [0, 0.1) is 23.7 Å². The molecular formula is C39H36N2. The Labute approximate surface area is 243 Å². The SMILES string of the molecule is C=[n+]1c(C(c2ccccc2-c2ccccc2)N(C)c2ccc(C(C)C)cc2)ccc/c1=c1/cccc2c1=CC=C[CH-]2. The average Bonchev–Trinajstić information content (AvgIpc) is 3.02. The highest BCUT2D eigenvalue weighted by Crippen LogP contribution is 2.36. The van der Waals surface area contributed by atoms with Crippen LogP contribution in [0.4, 0.5) is 5.69 Å². The van der Waals surface area contributed by atoms with Crippen molar-refractivity contribution in [1.29, 1.82) is 0 Å². The molecule has 0 radical (unpaired) electrons. The first-order valence-electron chi connectivity index (χ1n) is 14.3. The van der Waals surface area contributed by atoms with Crippen LogP contribution in [-0.2, 0) is 0 Å². The van der Waals surface area contributed by atoms with Crippen LogP contribution in [0.15, 0.2) is 127 Å². The van der Waals surface area contributed by atoms with Gasteiger partial charge in [0.25, 0.3) is 0 Å². The number of hydrogen-bond donors (Lipinski definition) is 0. The summed E-state index contributed by atoms with van der Waals surface area (Å²) in [5, 5.41) is 3.49. The average molecular weight is 533 g/mol. The molecule has 41 heavy (non-hydrogen) atoms. The summed E-state index contributed by atoms with van der Waals surface area (Å²) >= 11 is 0. The molecule has 0 bridgehead atoms. The normalized spacial score (nSPS) is 13.7. The maximum Gasteiger partial charge on any atom is 0.214 e. The van der Waals surface area contributed by atoms with E-state index in [-0.39, 0.29) is 6.04 Å². The van der Waals surface area contributed by atoms with Gasteiger partial charge in [0, 0.05) is 30.1 Å². The van der Waals surface area contributed by atoms with Gasteiger partial charge in [-0.25, -0.2) is 0 Å². The van der Waals surface area contributed by atoms with Gasteiger partial charge in [0.15, 0.2) is 0 Å². The maximum atomic E-state index is 4.66. The van der Waals surface area contributed by atoms with Crippen molar-refractivity contribution in [3.63, 3.8) is 0 Å². The summed E-state index contributed by atoms with van der Waals surface area (Å²) in [6.45, 7) is 9.13. The minimum Gasteiger partial charge on any atom is -0.358 e. The molecule has 0 N–H and O–H groups in total. The maximum absolute atomic E-state index is 4.66. The molecule has 1 aromatic heterocycles. The van der Waals surface area contributed by atoms with E-state index in [2.05, 4.69) is 177 Å². The second kappa shape index (κ2) is 11.3. The van der Waals surface area contributed by atoms with Crippen molar-refractivity contribution in [2.75, 3.05) is 11.9 Å². The molecule has 1 aliphatic carbocycles. The van der Waals surface area contributed by atoms with Gasteiger partial charge in [0.1, 0.15) is 12.8 Å². The summed E-state index contributed by atoms with van der Waals surface area (Å²) < 4.78 is 2.13. The van der Waals surface area contributed by atoms with Crippen LogP contribution >= 0.6 is 0 Å². The molecular weight excluding hydrogens is 496 g/mol. The lowest BCUT2D eigenvalue weighted by molar-refractivity contribution is -0.521. The van der Waals surface area contributed by atoms with E-state index in [1.54, 1.807) is 0 Å². The largest absolute Gasteiger partial charge is 0.358 e. The third-order valence-electron chi connectivity index (χ3n) is 8.16. The predicted molar refractivity (Wildman–Crippen MR) is 171 cm³/mol. The minimum absolute atomic E-state index is 0.0799. The molecule has 1 atom stereocenters. The van der Waals surface area contributed by atoms with E-state index < -0.39 is 0 Å². The molecule has 1 unspecified atom stereocenters. The first kappa shape index (κ1) is 26.4. The lowest BCUT2D eigenvalue weighted by Gasteiger charge is -2.30. The molecule has 0 saturated heterocycles. The van der Waals surface area contributed by atoms with Crippen LogP contribution < -0.4 is 14.4 Å². The molecule has 0 aliphatic heterocycles. The van der Waals surface area contributed by atoms with Crippen LogP contribution in [-0.4, -0.2) is 7.05 Å². The van der Waals surface area contributed by atoms with Crippen LogP contribution in [0.1, 0.15) is 48.2 Å². The van der Waals surface area contributed by atoms with Crippen molar-refractivity contribution < 1.29 is 4.24 Å². The topological polar surface area (TPSA) is 9.14 Å². The molecule has 202 valence electrons. The number of hydrogen-bond acceptors (Lipinski definition) is 1. The third kappa shape index (κ3) is 5.10. The van der Waals surface area contributed by atoms with E-state index in [9.17, 15) is 0 Å². The van der Waals surface area contributed by atoms with Crippen molar-refractivity contribution in [3.05, 3.63) is 179 Å². The summed E-state index contributed by atoms with van der Waals surface area (Å²) in [6.07, 6.45) is 8.57. The smallest absolute Gasteiger partial charge is 0.214 e. The summed E-state index contributed by atoms with van der Waals surface area (Å²) in [7, 11) is 2.20. The Balaban J connectivity index is 1.63. The van der Waals surface area contributed by atoms with Crippen LogP contribution in [0.3, 0.4) is 0 Å². The molecule has 6 rings (SSSR count). The molecule has 1 aliphatic rings. The summed E-state index contributed by atoms with van der Waals surface area (Å²) in [6, 6.07) is 41.4. The molecule has 1 heterocycles. The van der Waals surface area contributed by atoms with Gasteiger partial charge in [0.2, 0.25) is 11.0 Å². The van der Waals surface area contributed by atoms with Crippen molar-refractivity contribution in [2.45, 2.75) is 25.8 Å². The quantitative estimate of drug-likeness (QED) is 0.160. The lowest BCUT2D eigenvalue weighted by atomic mass is 9.91. The highest BCUT2D eigenvalue weighted by atomic mass is 15.1. The van der Waals surface area contributed by atoms with Gasteiger partial charge in [0.05, 0.1) is 0 Å². The number of allylic oxidation sites excluding steroid dienone is 2. The van der Waals surface area contributed by atoms with Crippen molar-refractivity contribution in [1.82, 2.24) is 0 Å². The van der Waals surface area contributed by atoms with Gasteiger partial charge in [-0.15, -0.1) is 42.3 Å². The Bertz CT molecular complexity index is 1920. The zero-order valence-corrected chi connectivity index (χ0v) is 24.0. The monoisotopic (exact) mass is 532 g/mol. The van der Waals surface area contributed by atoms with E-state index in [1.807, 2.05) is 0 Å². The first-order chi connectivity index (χ1) is 20.0. The van der Waals surface area contributed by atoms with E-state index >= 15 is 0 Å². The number of pyridine rings is 1. The van der Waals surface area contributed by atoms with E-state index in [1.165, 1.54) is 38.3 Å². The molecule has 4 aromatic carbocycles. The number of rotatable bonds is 6. The van der Waals surface area contributed by atoms with Crippen molar-refractivity contribution >= 4 is 11.8 Å². The second-order valence-corrected chi connectivity index (χ2v) is 11.0. The third-order valence-corrected chi connectivity index (χ3v) is 8.16. The predicted octanol–water partition coefficient (Wildman–Crippen LogP) is 7.82. The number of nitrogens with zero attached hydrogens (tertiary/aromatic N) is 2. The molecule has 0 amide bonds. The molecule has 0 fully saturated rings. The lowest BCUT2D eigenvalue weighted by Crippen LogP contribution is -2.35. The van der Waals surface area contributed by atoms with Gasteiger partial charge in [-0.05, 0) is 46.4 Å².